The van der Waals surface area contributed by atoms with Gasteiger partial charge in [-0.25, -0.2) is 0 Å². The molecule has 1 nitrogen and oxygen atoms in total. The van der Waals surface area contributed by atoms with Gasteiger partial charge in [-0.2, -0.15) is 0 Å². The molecule has 0 unspecified atom stereocenters. The van der Waals surface area contributed by atoms with Crippen LogP contribution in [0.2, 0.25) is 5.02 Å². The van der Waals surface area contributed by atoms with Crippen LogP contribution in [-0.4, -0.2) is 0 Å². The molecule has 0 aliphatic rings. The fourth-order valence-electron chi connectivity index (χ4n) is 1.46. The van der Waals surface area contributed by atoms with E-state index in [1.165, 1.54) is 0 Å². The van der Waals surface area contributed by atoms with Gasteiger partial charge in [0.1, 0.15) is 6.61 Å². The van der Waals surface area contributed by atoms with E-state index >= 15 is 0 Å². The summed E-state index contributed by atoms with van der Waals surface area (Å²) in [6.45, 7) is 0.581. The Morgan fingerprint density at radius 2 is 1.82 bits per heavy atom. The van der Waals surface area contributed by atoms with E-state index in [9.17, 15) is 0 Å². The van der Waals surface area contributed by atoms with E-state index in [1.807, 2.05) is 60.7 Å². The van der Waals surface area contributed by atoms with Crippen LogP contribution in [0.5, 0.6) is 0 Å². The lowest BCUT2D eigenvalue weighted by Crippen LogP contribution is -1.84. The summed E-state index contributed by atoms with van der Waals surface area (Å²) in [6, 6.07) is 17.7. The van der Waals surface area contributed by atoms with Crippen LogP contribution >= 0.6 is 11.6 Å². The second kappa shape index (κ2) is 6.12. The smallest absolute Gasteiger partial charge is 0.112 e. The zero-order valence-corrected chi connectivity index (χ0v) is 10.1. The van der Waals surface area contributed by atoms with Crippen LogP contribution < -0.4 is 0 Å². The molecule has 2 aromatic carbocycles. The maximum absolute atomic E-state index is 5.88. The minimum Gasteiger partial charge on any atom is -0.496 e. The number of ether oxygens (including phenoxy) is 1. The summed E-state index contributed by atoms with van der Waals surface area (Å²) in [5.41, 5.74) is 2.19. The van der Waals surface area contributed by atoms with Gasteiger partial charge in [-0.15, -0.1) is 0 Å². The standard InChI is InChI=1S/C15H13ClO/c16-15-8-4-7-13(11-15)9-10-17-12-14-5-2-1-3-6-14/h1-11H,12H2/b10-9-. The van der Waals surface area contributed by atoms with Crippen LogP contribution in [0.1, 0.15) is 11.1 Å². The molecule has 17 heavy (non-hydrogen) atoms. The molecule has 0 aliphatic carbocycles. The maximum Gasteiger partial charge on any atom is 0.112 e. The third-order valence-corrected chi connectivity index (χ3v) is 2.53. The van der Waals surface area contributed by atoms with Crippen molar-refractivity contribution in [1.29, 1.82) is 0 Å². The Morgan fingerprint density at radius 1 is 1.00 bits per heavy atom. The van der Waals surface area contributed by atoms with Crippen LogP contribution in [0, 0.1) is 0 Å². The van der Waals surface area contributed by atoms with Gasteiger partial charge >= 0.3 is 0 Å². The lowest BCUT2D eigenvalue weighted by Gasteiger charge is -2.00. The van der Waals surface area contributed by atoms with Gasteiger partial charge in [0.25, 0.3) is 0 Å². The van der Waals surface area contributed by atoms with Gasteiger partial charge in [0, 0.05) is 5.02 Å². The number of hydrogen-bond acceptors (Lipinski definition) is 1. The molecule has 86 valence electrons. The van der Waals surface area contributed by atoms with E-state index < -0.39 is 0 Å². The molecule has 2 heteroatoms. The van der Waals surface area contributed by atoms with E-state index in [4.69, 9.17) is 16.3 Å². The summed E-state index contributed by atoms with van der Waals surface area (Å²) >= 11 is 5.88. The summed E-state index contributed by atoms with van der Waals surface area (Å²) in [5.74, 6) is 0. The molecule has 0 bridgehead atoms. The molecule has 0 heterocycles. The van der Waals surface area contributed by atoms with Crippen molar-refractivity contribution in [2.45, 2.75) is 6.61 Å². The van der Waals surface area contributed by atoms with Gasteiger partial charge < -0.3 is 4.74 Å². The van der Waals surface area contributed by atoms with Gasteiger partial charge in [-0.3, -0.25) is 0 Å². The monoisotopic (exact) mass is 244 g/mol. The Bertz CT molecular complexity index is 491. The first-order chi connectivity index (χ1) is 8.34. The highest BCUT2D eigenvalue weighted by molar-refractivity contribution is 6.30. The second-order valence-corrected chi connectivity index (χ2v) is 4.09. The minimum atomic E-state index is 0.581. The topological polar surface area (TPSA) is 9.23 Å². The molecule has 0 amide bonds. The van der Waals surface area contributed by atoms with Crippen molar-refractivity contribution in [2.24, 2.45) is 0 Å². The molecule has 0 aromatic heterocycles. The highest BCUT2D eigenvalue weighted by Crippen LogP contribution is 2.12. The molecule has 0 fully saturated rings. The maximum atomic E-state index is 5.88. The first-order valence-electron chi connectivity index (χ1n) is 5.42. The van der Waals surface area contributed by atoms with Crippen LogP contribution in [0.25, 0.3) is 6.08 Å². The molecular formula is C15H13ClO. The number of rotatable bonds is 4. The van der Waals surface area contributed by atoms with E-state index in [0.717, 1.165) is 16.1 Å². The predicted octanol–water partition coefficient (Wildman–Crippen LogP) is 4.53. The molecule has 0 saturated heterocycles. The molecule has 0 radical (unpaired) electrons. The SMILES string of the molecule is Clc1cccc(/C=C\OCc2ccccc2)c1. The van der Waals surface area contributed by atoms with Crippen LogP contribution in [0.4, 0.5) is 0 Å². The van der Waals surface area contributed by atoms with Crippen LogP contribution in [-0.2, 0) is 11.3 Å². The highest BCUT2D eigenvalue weighted by atomic mass is 35.5. The Morgan fingerprint density at radius 3 is 2.59 bits per heavy atom. The van der Waals surface area contributed by atoms with Crippen molar-refractivity contribution in [3.05, 3.63) is 77.0 Å². The lowest BCUT2D eigenvalue weighted by atomic mass is 10.2. The Labute approximate surface area is 106 Å². The molecule has 0 aliphatic heterocycles. The third kappa shape index (κ3) is 3.97. The molecule has 0 saturated carbocycles. The van der Waals surface area contributed by atoms with Crippen molar-refractivity contribution in [3.8, 4) is 0 Å². The molecular weight excluding hydrogens is 232 g/mol. The van der Waals surface area contributed by atoms with Crippen molar-refractivity contribution in [1.82, 2.24) is 0 Å². The van der Waals surface area contributed by atoms with Crippen molar-refractivity contribution < 1.29 is 4.74 Å². The normalized spacial score (nSPS) is 10.6. The number of benzene rings is 2. The van der Waals surface area contributed by atoms with Crippen LogP contribution in [0.3, 0.4) is 0 Å². The average molecular weight is 245 g/mol. The Kier molecular flexibility index (Phi) is 4.23. The molecule has 0 atom stereocenters. The van der Waals surface area contributed by atoms with Crippen molar-refractivity contribution in [2.75, 3.05) is 0 Å². The van der Waals surface area contributed by atoms with Crippen molar-refractivity contribution >= 4 is 17.7 Å². The zero-order valence-electron chi connectivity index (χ0n) is 9.34. The fraction of sp³-hybridized carbons (Fsp3) is 0.0667. The summed E-state index contributed by atoms with van der Waals surface area (Å²) < 4.78 is 5.44. The van der Waals surface area contributed by atoms with Gasteiger partial charge in [0.05, 0.1) is 6.26 Å². The Balaban J connectivity index is 1.86. The first kappa shape index (κ1) is 11.7. The fourth-order valence-corrected chi connectivity index (χ4v) is 1.65. The zero-order chi connectivity index (χ0) is 11.9. The summed E-state index contributed by atoms with van der Waals surface area (Å²) in [6.07, 6.45) is 3.59. The summed E-state index contributed by atoms with van der Waals surface area (Å²) in [4.78, 5) is 0. The highest BCUT2D eigenvalue weighted by Gasteiger charge is 1.90. The van der Waals surface area contributed by atoms with Crippen molar-refractivity contribution in [3.63, 3.8) is 0 Å². The Hall–Kier alpha value is -1.73. The molecule has 0 N–H and O–H groups in total. The number of halogens is 1. The number of hydrogen-bond donors (Lipinski definition) is 0. The van der Waals surface area contributed by atoms with Gasteiger partial charge in [0.15, 0.2) is 0 Å². The minimum absolute atomic E-state index is 0.581. The molecule has 0 spiro atoms. The molecule has 2 aromatic rings. The van der Waals surface area contributed by atoms with E-state index in [2.05, 4.69) is 0 Å². The summed E-state index contributed by atoms with van der Waals surface area (Å²) in [5, 5.41) is 0.732. The largest absolute Gasteiger partial charge is 0.496 e. The summed E-state index contributed by atoms with van der Waals surface area (Å²) in [7, 11) is 0. The van der Waals surface area contributed by atoms with E-state index in [1.54, 1.807) is 6.26 Å². The quantitative estimate of drug-likeness (QED) is 0.718. The van der Waals surface area contributed by atoms with Crippen LogP contribution in [0.15, 0.2) is 60.9 Å². The predicted molar refractivity (Wildman–Crippen MR) is 71.7 cm³/mol. The lowest BCUT2D eigenvalue weighted by molar-refractivity contribution is 0.239. The second-order valence-electron chi connectivity index (χ2n) is 3.65. The van der Waals surface area contributed by atoms with Gasteiger partial charge in [-0.1, -0.05) is 54.1 Å². The third-order valence-electron chi connectivity index (χ3n) is 2.30. The van der Waals surface area contributed by atoms with Gasteiger partial charge in [-0.05, 0) is 29.3 Å². The molecule has 2 rings (SSSR count). The van der Waals surface area contributed by atoms with E-state index in [-0.39, 0.29) is 0 Å². The van der Waals surface area contributed by atoms with Gasteiger partial charge in [0.2, 0.25) is 0 Å². The first-order valence-corrected chi connectivity index (χ1v) is 5.80. The van der Waals surface area contributed by atoms with E-state index in [0.29, 0.717) is 6.61 Å². The average Bonchev–Trinajstić information content (AvgIpc) is 2.36.